The Morgan fingerprint density at radius 1 is 0.929 bits per heavy atom. The zero-order valence-corrected chi connectivity index (χ0v) is 16.0. The zero-order chi connectivity index (χ0) is 19.3. The maximum Gasteiger partial charge on any atom is 0.209 e. The van der Waals surface area contributed by atoms with Crippen LogP contribution in [0.3, 0.4) is 0 Å². The number of imidazole rings is 1. The van der Waals surface area contributed by atoms with E-state index in [9.17, 15) is 4.39 Å². The van der Waals surface area contributed by atoms with E-state index in [1.807, 2.05) is 59.2 Å². The minimum atomic E-state index is -0.442. The largest absolute Gasteiger partial charge is 0.325 e. The SMILES string of the molecule is Fc1cccc(Cl)c1C1C=C(c2ccc(Cl)cc2)Nc2nc3ccccc3n21. The number of allylic oxidation sites excluding steroid dienone is 1. The molecule has 1 aliphatic rings. The number of anilines is 1. The fourth-order valence-electron chi connectivity index (χ4n) is 3.61. The molecule has 1 N–H and O–H groups in total. The summed E-state index contributed by atoms with van der Waals surface area (Å²) in [6, 6.07) is 19.6. The quantitative estimate of drug-likeness (QED) is 0.407. The van der Waals surface area contributed by atoms with Crippen LogP contribution < -0.4 is 5.32 Å². The molecule has 4 aromatic rings. The van der Waals surface area contributed by atoms with Gasteiger partial charge in [0.1, 0.15) is 5.82 Å². The number of halogens is 3. The average molecular weight is 410 g/mol. The van der Waals surface area contributed by atoms with E-state index in [0.29, 0.717) is 21.6 Å². The number of benzene rings is 3. The number of hydrogen-bond acceptors (Lipinski definition) is 2. The third-order valence-electron chi connectivity index (χ3n) is 4.90. The van der Waals surface area contributed by atoms with Crippen molar-refractivity contribution in [2.75, 3.05) is 5.32 Å². The van der Waals surface area contributed by atoms with Crippen molar-refractivity contribution in [2.45, 2.75) is 6.04 Å². The van der Waals surface area contributed by atoms with E-state index in [-0.39, 0.29) is 5.82 Å². The highest BCUT2D eigenvalue weighted by Gasteiger charge is 2.28. The van der Waals surface area contributed by atoms with Crippen molar-refractivity contribution in [2.24, 2.45) is 0 Å². The van der Waals surface area contributed by atoms with Crippen LogP contribution in [-0.2, 0) is 0 Å². The van der Waals surface area contributed by atoms with E-state index in [0.717, 1.165) is 22.3 Å². The summed E-state index contributed by atoms with van der Waals surface area (Å²) in [6.45, 7) is 0. The van der Waals surface area contributed by atoms with Crippen molar-refractivity contribution in [3.8, 4) is 0 Å². The van der Waals surface area contributed by atoms with Crippen LogP contribution in [0, 0.1) is 5.82 Å². The van der Waals surface area contributed by atoms with Crippen LogP contribution in [-0.4, -0.2) is 9.55 Å². The van der Waals surface area contributed by atoms with Gasteiger partial charge >= 0.3 is 0 Å². The van der Waals surface area contributed by atoms with Gasteiger partial charge < -0.3 is 5.32 Å². The van der Waals surface area contributed by atoms with Crippen LogP contribution in [0.5, 0.6) is 0 Å². The number of rotatable bonds is 2. The Morgan fingerprint density at radius 3 is 2.50 bits per heavy atom. The fraction of sp³-hybridized carbons (Fsp3) is 0.0455. The molecule has 0 saturated carbocycles. The van der Waals surface area contributed by atoms with Crippen LogP contribution in [0.4, 0.5) is 10.3 Å². The van der Waals surface area contributed by atoms with Crippen LogP contribution in [0.1, 0.15) is 17.2 Å². The molecule has 0 bridgehead atoms. The fourth-order valence-corrected chi connectivity index (χ4v) is 4.01. The summed E-state index contributed by atoms with van der Waals surface area (Å²) in [5.41, 5.74) is 3.90. The Labute approximate surface area is 171 Å². The first-order valence-corrected chi connectivity index (χ1v) is 9.53. The Hall–Kier alpha value is -2.82. The lowest BCUT2D eigenvalue weighted by molar-refractivity contribution is 0.584. The Bertz CT molecular complexity index is 1210. The van der Waals surface area contributed by atoms with Crippen LogP contribution >= 0.6 is 23.2 Å². The molecule has 1 aromatic heterocycles. The van der Waals surface area contributed by atoms with Gasteiger partial charge in [0.05, 0.1) is 17.1 Å². The number of hydrogen-bond donors (Lipinski definition) is 1. The lowest BCUT2D eigenvalue weighted by Gasteiger charge is -2.27. The maximum atomic E-state index is 14.8. The molecule has 138 valence electrons. The molecule has 3 nitrogen and oxygen atoms in total. The van der Waals surface area contributed by atoms with Crippen molar-refractivity contribution >= 4 is 45.9 Å². The number of nitrogens with zero attached hydrogens (tertiary/aromatic N) is 2. The second-order valence-electron chi connectivity index (χ2n) is 6.59. The molecule has 3 aromatic carbocycles. The highest BCUT2D eigenvalue weighted by atomic mass is 35.5. The lowest BCUT2D eigenvalue weighted by Crippen LogP contribution is -2.20. The molecule has 0 radical (unpaired) electrons. The van der Waals surface area contributed by atoms with Gasteiger partial charge in [-0.2, -0.15) is 0 Å². The molecule has 0 amide bonds. The predicted molar refractivity (Wildman–Crippen MR) is 112 cm³/mol. The lowest BCUT2D eigenvalue weighted by atomic mass is 10.0. The summed E-state index contributed by atoms with van der Waals surface area (Å²) < 4.78 is 16.8. The average Bonchev–Trinajstić information content (AvgIpc) is 3.07. The maximum absolute atomic E-state index is 14.8. The summed E-state index contributed by atoms with van der Waals surface area (Å²) in [4.78, 5) is 4.70. The minimum absolute atomic E-state index is 0.352. The first kappa shape index (κ1) is 17.3. The second kappa shape index (κ2) is 6.66. The summed E-state index contributed by atoms with van der Waals surface area (Å²) in [5.74, 6) is 0.285. The van der Waals surface area contributed by atoms with Crippen molar-refractivity contribution in [3.63, 3.8) is 0 Å². The molecule has 5 rings (SSSR count). The van der Waals surface area contributed by atoms with Gasteiger partial charge in [-0.25, -0.2) is 9.37 Å². The molecule has 0 spiro atoms. The van der Waals surface area contributed by atoms with Gasteiger partial charge in [-0.1, -0.05) is 53.5 Å². The molecular weight excluding hydrogens is 396 g/mol. The number of para-hydroxylation sites is 2. The van der Waals surface area contributed by atoms with Crippen molar-refractivity contribution in [1.82, 2.24) is 9.55 Å². The molecule has 1 atom stereocenters. The van der Waals surface area contributed by atoms with Gasteiger partial charge in [-0.3, -0.25) is 4.57 Å². The first-order chi connectivity index (χ1) is 13.6. The summed E-state index contributed by atoms with van der Waals surface area (Å²) in [7, 11) is 0. The van der Waals surface area contributed by atoms with Crippen LogP contribution in [0.2, 0.25) is 10.0 Å². The van der Waals surface area contributed by atoms with Crippen molar-refractivity contribution < 1.29 is 4.39 Å². The molecular formula is C22H14Cl2FN3. The molecule has 1 unspecified atom stereocenters. The standard InChI is InChI=1S/C22H14Cl2FN3/c23-14-10-8-13(9-11-14)18-12-20(21-15(24)4-3-5-16(21)25)28-19-7-2-1-6-17(19)26-22(28)27-18/h1-12,20H,(H,26,27). The molecule has 2 heterocycles. The number of aromatic nitrogens is 2. The predicted octanol–water partition coefficient (Wildman–Crippen LogP) is 6.54. The number of fused-ring (bicyclic) bond motifs is 3. The molecule has 1 aliphatic heterocycles. The topological polar surface area (TPSA) is 29.9 Å². The Kier molecular flexibility index (Phi) is 4.11. The van der Waals surface area contributed by atoms with E-state index in [1.165, 1.54) is 6.07 Å². The smallest absolute Gasteiger partial charge is 0.209 e. The summed E-state index contributed by atoms with van der Waals surface area (Å²) in [6.07, 6.45) is 1.97. The van der Waals surface area contributed by atoms with Gasteiger partial charge in [0.25, 0.3) is 0 Å². The van der Waals surface area contributed by atoms with Crippen molar-refractivity contribution in [1.29, 1.82) is 0 Å². The van der Waals surface area contributed by atoms with E-state index in [2.05, 4.69) is 5.32 Å². The molecule has 0 fully saturated rings. The molecule has 0 saturated heterocycles. The normalized spacial score (nSPS) is 15.8. The molecule has 28 heavy (non-hydrogen) atoms. The van der Waals surface area contributed by atoms with Gasteiger partial charge in [0.2, 0.25) is 5.95 Å². The third kappa shape index (κ3) is 2.77. The molecule has 0 aliphatic carbocycles. The van der Waals surface area contributed by atoms with E-state index < -0.39 is 6.04 Å². The Morgan fingerprint density at radius 2 is 1.71 bits per heavy atom. The third-order valence-corrected chi connectivity index (χ3v) is 5.48. The second-order valence-corrected chi connectivity index (χ2v) is 7.43. The van der Waals surface area contributed by atoms with Gasteiger partial charge in [-0.15, -0.1) is 0 Å². The highest BCUT2D eigenvalue weighted by Crippen LogP contribution is 2.40. The minimum Gasteiger partial charge on any atom is -0.325 e. The van der Waals surface area contributed by atoms with Crippen LogP contribution in [0.25, 0.3) is 16.7 Å². The number of nitrogens with one attached hydrogen (secondary N) is 1. The first-order valence-electron chi connectivity index (χ1n) is 8.77. The van der Waals surface area contributed by atoms with Crippen molar-refractivity contribution in [3.05, 3.63) is 99.8 Å². The monoisotopic (exact) mass is 409 g/mol. The Balaban J connectivity index is 1.77. The summed E-state index contributed by atoms with van der Waals surface area (Å²) >= 11 is 12.4. The summed E-state index contributed by atoms with van der Waals surface area (Å²) in [5, 5.41) is 4.40. The highest BCUT2D eigenvalue weighted by molar-refractivity contribution is 6.31. The van der Waals surface area contributed by atoms with Gasteiger partial charge in [0, 0.05) is 21.3 Å². The van der Waals surface area contributed by atoms with Crippen LogP contribution in [0.15, 0.2) is 72.8 Å². The van der Waals surface area contributed by atoms with E-state index >= 15 is 0 Å². The zero-order valence-electron chi connectivity index (χ0n) is 14.5. The van der Waals surface area contributed by atoms with E-state index in [4.69, 9.17) is 28.2 Å². The molecule has 6 heteroatoms. The van der Waals surface area contributed by atoms with Gasteiger partial charge in [-0.05, 0) is 48.0 Å². The van der Waals surface area contributed by atoms with E-state index in [1.54, 1.807) is 12.1 Å². The van der Waals surface area contributed by atoms with Gasteiger partial charge in [0.15, 0.2) is 0 Å².